The number of piperidine rings is 1. The lowest BCUT2D eigenvalue weighted by molar-refractivity contribution is 0.0761. The number of hydrogen-bond donors (Lipinski definition) is 1. The molecule has 1 aliphatic carbocycles. The molecule has 2 bridgehead atoms. The highest BCUT2D eigenvalue weighted by Crippen LogP contribution is 2.40. The average molecular weight is 273 g/mol. The first-order valence-corrected chi connectivity index (χ1v) is 8.80. The fraction of sp³-hybridized carbons (Fsp3) is 1.00. The topological polar surface area (TPSA) is 57.6 Å². The van der Waals surface area contributed by atoms with Crippen LogP contribution in [0.3, 0.4) is 0 Å². The largest absolute Gasteiger partial charge is 0.393 e. The molecule has 2 heterocycles. The van der Waals surface area contributed by atoms with Gasteiger partial charge in [0.05, 0.1) is 11.4 Å². The Morgan fingerprint density at radius 2 is 1.44 bits per heavy atom. The molecule has 104 valence electrons. The van der Waals surface area contributed by atoms with Crippen molar-refractivity contribution in [3.05, 3.63) is 0 Å². The predicted octanol–water partition coefficient (Wildman–Crippen LogP) is 1.64. The second kappa shape index (κ2) is 4.76. The van der Waals surface area contributed by atoms with E-state index in [2.05, 4.69) is 0 Å². The van der Waals surface area contributed by atoms with Gasteiger partial charge in [0.1, 0.15) is 0 Å². The first kappa shape index (κ1) is 12.9. The van der Waals surface area contributed by atoms with Crippen LogP contribution in [0.5, 0.6) is 0 Å². The van der Waals surface area contributed by atoms with Crippen molar-refractivity contribution in [3.8, 4) is 0 Å². The van der Waals surface area contributed by atoms with Crippen LogP contribution in [-0.2, 0) is 10.0 Å². The van der Waals surface area contributed by atoms with Gasteiger partial charge in [0.2, 0.25) is 10.0 Å². The van der Waals surface area contributed by atoms with Gasteiger partial charge in [0.15, 0.2) is 0 Å². The fourth-order valence-corrected chi connectivity index (χ4v) is 6.54. The Morgan fingerprint density at radius 1 is 0.889 bits per heavy atom. The maximum Gasteiger partial charge on any atom is 0.217 e. The molecule has 2 unspecified atom stereocenters. The third-order valence-electron chi connectivity index (χ3n) is 4.91. The van der Waals surface area contributed by atoms with E-state index < -0.39 is 10.0 Å². The van der Waals surface area contributed by atoms with Crippen molar-refractivity contribution in [1.29, 1.82) is 0 Å². The summed E-state index contributed by atoms with van der Waals surface area (Å²) in [5.41, 5.74) is 0. The highest BCUT2D eigenvalue weighted by atomic mass is 32.2. The molecule has 4 nitrogen and oxygen atoms in total. The Morgan fingerprint density at radius 3 is 2.00 bits per heavy atom. The molecule has 18 heavy (non-hydrogen) atoms. The number of hydrogen-bond acceptors (Lipinski definition) is 3. The minimum Gasteiger partial charge on any atom is -0.393 e. The molecule has 1 saturated carbocycles. The molecule has 0 aromatic carbocycles. The summed E-state index contributed by atoms with van der Waals surface area (Å²) in [7, 11) is -3.12. The van der Waals surface area contributed by atoms with E-state index in [1.54, 1.807) is 4.31 Å². The smallest absolute Gasteiger partial charge is 0.217 e. The maximum absolute atomic E-state index is 12.8. The summed E-state index contributed by atoms with van der Waals surface area (Å²) in [5.74, 6) is 0. The molecule has 0 amide bonds. The number of aliphatic hydroxyl groups excluding tert-OH is 1. The van der Waals surface area contributed by atoms with Crippen LogP contribution >= 0.6 is 0 Å². The lowest BCUT2D eigenvalue weighted by Crippen LogP contribution is -2.51. The number of fused-ring (bicyclic) bond motifs is 2. The van der Waals surface area contributed by atoms with E-state index in [9.17, 15) is 13.5 Å². The monoisotopic (exact) mass is 273 g/mol. The van der Waals surface area contributed by atoms with Crippen molar-refractivity contribution in [2.24, 2.45) is 0 Å². The van der Waals surface area contributed by atoms with E-state index in [-0.39, 0.29) is 23.4 Å². The van der Waals surface area contributed by atoms with Crippen molar-refractivity contribution in [3.63, 3.8) is 0 Å². The zero-order chi connectivity index (χ0) is 12.8. The van der Waals surface area contributed by atoms with Gasteiger partial charge in [-0.2, -0.15) is 4.31 Å². The van der Waals surface area contributed by atoms with Crippen LogP contribution in [0.2, 0.25) is 0 Å². The zero-order valence-corrected chi connectivity index (χ0v) is 11.6. The van der Waals surface area contributed by atoms with Crippen LogP contribution in [0.15, 0.2) is 0 Å². The van der Waals surface area contributed by atoms with E-state index in [0.717, 1.165) is 38.5 Å². The summed E-state index contributed by atoms with van der Waals surface area (Å²) in [6.07, 6.45) is 7.82. The highest BCUT2D eigenvalue weighted by Gasteiger charge is 2.48. The SMILES string of the molecule is O=S(=O)(C1CCCCC1)N1C2CCC1CC(O)C2. The van der Waals surface area contributed by atoms with E-state index in [1.165, 1.54) is 6.42 Å². The normalized spacial score (nSPS) is 39.1. The van der Waals surface area contributed by atoms with Gasteiger partial charge in [-0.05, 0) is 38.5 Å². The van der Waals surface area contributed by atoms with Crippen molar-refractivity contribution in [2.75, 3.05) is 0 Å². The second-order valence-electron chi connectivity index (χ2n) is 6.15. The molecule has 0 aromatic rings. The van der Waals surface area contributed by atoms with E-state index in [0.29, 0.717) is 12.8 Å². The maximum atomic E-state index is 12.8. The Hall–Kier alpha value is -0.130. The van der Waals surface area contributed by atoms with Crippen LogP contribution < -0.4 is 0 Å². The third-order valence-corrected chi connectivity index (χ3v) is 7.41. The lowest BCUT2D eigenvalue weighted by atomic mass is 10.0. The molecular weight excluding hydrogens is 250 g/mol. The summed E-state index contributed by atoms with van der Waals surface area (Å²) < 4.78 is 27.3. The van der Waals surface area contributed by atoms with Gasteiger partial charge in [-0.1, -0.05) is 19.3 Å². The Balaban J connectivity index is 1.81. The molecule has 0 radical (unpaired) electrons. The second-order valence-corrected chi connectivity index (χ2v) is 8.26. The van der Waals surface area contributed by atoms with Crippen LogP contribution in [-0.4, -0.2) is 41.3 Å². The molecule has 0 aromatic heterocycles. The Bertz CT molecular complexity index is 388. The van der Waals surface area contributed by atoms with Gasteiger partial charge in [0.25, 0.3) is 0 Å². The third kappa shape index (κ3) is 2.10. The van der Waals surface area contributed by atoms with Crippen molar-refractivity contribution in [1.82, 2.24) is 4.31 Å². The molecule has 2 aliphatic heterocycles. The summed E-state index contributed by atoms with van der Waals surface area (Å²) in [6.45, 7) is 0. The minimum atomic E-state index is -3.12. The molecule has 3 aliphatic rings. The highest BCUT2D eigenvalue weighted by molar-refractivity contribution is 7.89. The van der Waals surface area contributed by atoms with Crippen LogP contribution in [0, 0.1) is 0 Å². The van der Waals surface area contributed by atoms with Crippen LogP contribution in [0.4, 0.5) is 0 Å². The van der Waals surface area contributed by atoms with Gasteiger partial charge >= 0.3 is 0 Å². The van der Waals surface area contributed by atoms with Gasteiger partial charge in [-0.3, -0.25) is 0 Å². The van der Waals surface area contributed by atoms with E-state index in [4.69, 9.17) is 0 Å². The van der Waals surface area contributed by atoms with Crippen molar-refractivity contribution in [2.45, 2.75) is 81.2 Å². The van der Waals surface area contributed by atoms with E-state index >= 15 is 0 Å². The number of rotatable bonds is 2. The van der Waals surface area contributed by atoms with Crippen molar-refractivity contribution >= 4 is 10.0 Å². The summed E-state index contributed by atoms with van der Waals surface area (Å²) in [6, 6.07) is 0.149. The number of aliphatic hydroxyl groups is 1. The number of sulfonamides is 1. The van der Waals surface area contributed by atoms with Crippen LogP contribution in [0.1, 0.15) is 57.8 Å². The molecule has 5 heteroatoms. The number of nitrogens with zero attached hydrogens (tertiary/aromatic N) is 1. The molecule has 3 fully saturated rings. The fourth-order valence-electron chi connectivity index (χ4n) is 4.06. The zero-order valence-electron chi connectivity index (χ0n) is 10.8. The summed E-state index contributed by atoms with van der Waals surface area (Å²) in [4.78, 5) is 0. The van der Waals surface area contributed by atoms with E-state index in [1.807, 2.05) is 0 Å². The van der Waals surface area contributed by atoms with Crippen molar-refractivity contribution < 1.29 is 13.5 Å². The Kier molecular flexibility index (Phi) is 3.41. The van der Waals surface area contributed by atoms with Gasteiger partial charge in [0, 0.05) is 12.1 Å². The predicted molar refractivity (Wildman–Crippen MR) is 69.7 cm³/mol. The molecule has 2 saturated heterocycles. The summed E-state index contributed by atoms with van der Waals surface area (Å²) in [5, 5.41) is 9.61. The molecule has 2 atom stereocenters. The molecule has 3 rings (SSSR count). The first-order chi connectivity index (χ1) is 8.59. The Labute approximate surface area is 109 Å². The van der Waals surface area contributed by atoms with Gasteiger partial charge < -0.3 is 5.11 Å². The van der Waals surface area contributed by atoms with Gasteiger partial charge in [-0.15, -0.1) is 0 Å². The quantitative estimate of drug-likeness (QED) is 0.832. The molecule has 1 N–H and O–H groups in total. The van der Waals surface area contributed by atoms with Crippen LogP contribution in [0.25, 0.3) is 0 Å². The average Bonchev–Trinajstić information content (AvgIpc) is 2.64. The minimum absolute atomic E-state index is 0.0747. The summed E-state index contributed by atoms with van der Waals surface area (Å²) >= 11 is 0. The lowest BCUT2D eigenvalue weighted by Gasteiger charge is -2.39. The molecular formula is C13H23NO3S. The standard InChI is InChI=1S/C13H23NO3S/c15-12-8-10-6-7-11(9-12)14(10)18(16,17)13-4-2-1-3-5-13/h10-13,15H,1-9H2. The first-order valence-electron chi connectivity index (χ1n) is 7.29. The molecule has 0 spiro atoms. The van der Waals surface area contributed by atoms with Gasteiger partial charge in [-0.25, -0.2) is 8.42 Å².